The zero-order chi connectivity index (χ0) is 34.5. The Hall–Kier alpha value is -4.66. The first-order chi connectivity index (χ1) is 22.7. The Kier molecular flexibility index (Phi) is 6.94. The molecule has 0 bridgehead atoms. The van der Waals surface area contributed by atoms with Crippen LogP contribution in [0.25, 0.3) is 21.9 Å². The van der Waals surface area contributed by atoms with Crippen molar-refractivity contribution in [1.29, 1.82) is 0 Å². The molecule has 2 N–H and O–H groups in total. The predicted octanol–water partition coefficient (Wildman–Crippen LogP) is 4.28. The third-order valence-electron chi connectivity index (χ3n) is 8.19. The van der Waals surface area contributed by atoms with Gasteiger partial charge in [0.05, 0.1) is 54.2 Å². The van der Waals surface area contributed by atoms with Crippen LogP contribution in [0.5, 0.6) is 0 Å². The van der Waals surface area contributed by atoms with Gasteiger partial charge >= 0.3 is 18.0 Å². The average molecular weight is 631 g/mol. The van der Waals surface area contributed by atoms with Crippen molar-refractivity contribution in [2.24, 2.45) is 6.98 Å². The largest absolute Gasteiger partial charge is 0.453 e. The van der Waals surface area contributed by atoms with Crippen LogP contribution in [-0.4, -0.2) is 75.5 Å². The van der Waals surface area contributed by atoms with Crippen molar-refractivity contribution in [3.63, 3.8) is 0 Å². The van der Waals surface area contributed by atoms with E-state index in [0.29, 0.717) is 29.4 Å². The number of fused-ring (bicyclic) bond motifs is 2. The number of nitrogens with zero attached hydrogens (tertiary/aromatic N) is 5. The Morgan fingerprint density at radius 2 is 1.89 bits per heavy atom. The maximum atomic E-state index is 14.3. The Labute approximate surface area is 259 Å². The quantitative estimate of drug-likeness (QED) is 0.334. The molecule has 1 aliphatic carbocycles. The fraction of sp³-hybridized carbons (Fsp3) is 0.433. The van der Waals surface area contributed by atoms with Gasteiger partial charge in [-0.25, -0.2) is 19.6 Å². The van der Waals surface area contributed by atoms with Gasteiger partial charge in [-0.1, -0.05) is 0 Å². The summed E-state index contributed by atoms with van der Waals surface area (Å²) >= 11 is 0. The highest BCUT2D eigenvalue weighted by atomic mass is 19.4. The van der Waals surface area contributed by atoms with Gasteiger partial charge < -0.3 is 25.0 Å². The Morgan fingerprint density at radius 3 is 2.60 bits per heavy atom. The number of aryl methyl sites for hydroxylation is 2. The summed E-state index contributed by atoms with van der Waals surface area (Å²) in [5, 5.41) is 5.62. The number of alkyl carbamates (subject to hydrolysis) is 1. The highest BCUT2D eigenvalue weighted by Crippen LogP contribution is 2.38. The van der Waals surface area contributed by atoms with Gasteiger partial charge in [-0.15, -0.1) is 0 Å². The number of anilines is 2. The first-order valence-corrected chi connectivity index (χ1v) is 14.3. The van der Waals surface area contributed by atoms with Crippen LogP contribution in [0.4, 0.5) is 29.6 Å². The predicted molar refractivity (Wildman–Crippen MR) is 159 cm³/mol. The summed E-state index contributed by atoms with van der Waals surface area (Å²) in [7, 11) is 1.23. The van der Waals surface area contributed by atoms with E-state index in [9.17, 15) is 27.6 Å². The standard InChI is InChI=1S/C30H32F3N7O5/c1-16-10-19-20(27(41)39-6-8-45-9-7-39)13-25(37-26(19)21(11-16)30(31,32)33)36-24-14-22-23(15-34-24)38(2)29(43)40(22)18-5-4-17(12-18)35-28(42)44-3/h10-11,13-15,17-18H,4-9,12H2,1-3H3,(H,35,42)(H,34,36,37)/t17-,18-/m1/s1/i2D3. The minimum absolute atomic E-state index is 0.000227. The van der Waals surface area contributed by atoms with E-state index in [0.717, 1.165) is 6.07 Å². The van der Waals surface area contributed by atoms with Crippen LogP contribution in [0.15, 0.2) is 35.3 Å². The number of rotatable bonds is 5. The minimum Gasteiger partial charge on any atom is -0.453 e. The molecule has 1 aromatic carbocycles. The van der Waals surface area contributed by atoms with Crippen LogP contribution in [0.3, 0.4) is 0 Å². The number of hydrogen-bond acceptors (Lipinski definition) is 8. The smallest absolute Gasteiger partial charge is 0.418 e. The summed E-state index contributed by atoms with van der Waals surface area (Å²) in [4.78, 5) is 49.1. The molecule has 238 valence electrons. The Morgan fingerprint density at radius 1 is 1.11 bits per heavy atom. The van der Waals surface area contributed by atoms with Crippen molar-refractivity contribution >= 4 is 45.6 Å². The van der Waals surface area contributed by atoms with E-state index in [1.807, 2.05) is 0 Å². The molecule has 0 radical (unpaired) electrons. The van der Waals surface area contributed by atoms with Crippen LogP contribution in [0.1, 0.15) is 50.9 Å². The van der Waals surface area contributed by atoms with E-state index in [1.54, 1.807) is 0 Å². The first-order valence-electron chi connectivity index (χ1n) is 15.8. The van der Waals surface area contributed by atoms with Crippen LogP contribution < -0.4 is 16.3 Å². The number of pyridine rings is 2. The molecule has 12 nitrogen and oxygen atoms in total. The fourth-order valence-corrected chi connectivity index (χ4v) is 6.08. The zero-order valence-electron chi connectivity index (χ0n) is 27.4. The molecule has 3 aromatic heterocycles. The van der Waals surface area contributed by atoms with Crippen molar-refractivity contribution in [3.05, 3.63) is 57.6 Å². The second kappa shape index (κ2) is 11.7. The van der Waals surface area contributed by atoms with Gasteiger partial charge in [-0.3, -0.25) is 13.9 Å². The Balaban J connectivity index is 1.46. The molecule has 0 spiro atoms. The molecule has 1 aliphatic heterocycles. The molecule has 1 saturated heterocycles. The molecule has 15 heteroatoms. The van der Waals surface area contributed by atoms with Crippen molar-refractivity contribution in [2.75, 3.05) is 38.7 Å². The molecule has 1 saturated carbocycles. The molecule has 4 aromatic rings. The Bertz CT molecular complexity index is 1970. The number of carbonyl (C=O) groups is 2. The second-order valence-electron chi connectivity index (χ2n) is 11.1. The molecule has 2 fully saturated rings. The van der Waals surface area contributed by atoms with E-state index >= 15 is 0 Å². The monoisotopic (exact) mass is 630 g/mol. The maximum Gasteiger partial charge on any atom is 0.418 e. The highest BCUT2D eigenvalue weighted by Gasteiger charge is 2.35. The molecule has 2 aliphatic rings. The first kappa shape index (κ1) is 26.7. The molecule has 2 amide bonds. The molecular weight excluding hydrogens is 595 g/mol. The topological polar surface area (TPSA) is 133 Å². The lowest BCUT2D eigenvalue weighted by Gasteiger charge is -2.27. The molecular formula is C30H32F3N7O5. The number of amides is 2. The van der Waals surface area contributed by atoms with Crippen molar-refractivity contribution in [3.8, 4) is 0 Å². The van der Waals surface area contributed by atoms with Gasteiger partial charge in [-0.05, 0) is 49.9 Å². The van der Waals surface area contributed by atoms with E-state index < -0.39 is 48.0 Å². The van der Waals surface area contributed by atoms with E-state index in [4.69, 9.17) is 8.85 Å². The number of imidazole rings is 1. The summed E-state index contributed by atoms with van der Waals surface area (Å²) in [6.07, 6.45) is -2.95. The molecule has 45 heavy (non-hydrogen) atoms. The number of ether oxygens (including phenoxy) is 2. The van der Waals surface area contributed by atoms with Crippen LogP contribution >= 0.6 is 0 Å². The van der Waals surface area contributed by atoms with Crippen LogP contribution in [0.2, 0.25) is 0 Å². The molecule has 0 unspecified atom stereocenters. The van der Waals surface area contributed by atoms with E-state index in [2.05, 4.69) is 25.3 Å². The highest BCUT2D eigenvalue weighted by molar-refractivity contribution is 6.08. The van der Waals surface area contributed by atoms with Crippen molar-refractivity contribution in [2.45, 2.75) is 44.4 Å². The summed E-state index contributed by atoms with van der Waals surface area (Å²) in [6.45, 7) is -0.247. The number of aromatic nitrogens is 4. The average Bonchev–Trinajstić information content (AvgIpc) is 3.60. The number of benzene rings is 1. The zero-order valence-corrected chi connectivity index (χ0v) is 24.4. The maximum absolute atomic E-state index is 14.3. The van der Waals surface area contributed by atoms with Gasteiger partial charge in [-0.2, -0.15) is 13.2 Å². The number of morpholine rings is 1. The van der Waals surface area contributed by atoms with Gasteiger partial charge in [0.15, 0.2) is 0 Å². The number of methoxy groups -OCH3 is 1. The fourth-order valence-electron chi connectivity index (χ4n) is 6.08. The van der Waals surface area contributed by atoms with Gasteiger partial charge in [0, 0.05) is 47.7 Å². The lowest BCUT2D eigenvalue weighted by atomic mass is 10.00. The van der Waals surface area contributed by atoms with Crippen molar-refractivity contribution in [1.82, 2.24) is 29.3 Å². The van der Waals surface area contributed by atoms with Crippen LogP contribution in [-0.2, 0) is 22.6 Å². The minimum atomic E-state index is -4.78. The molecule has 6 rings (SSSR count). The lowest BCUT2D eigenvalue weighted by molar-refractivity contribution is -0.136. The number of hydrogen-bond donors (Lipinski definition) is 2. The van der Waals surface area contributed by atoms with E-state index in [-0.39, 0.29) is 66.0 Å². The lowest BCUT2D eigenvalue weighted by Crippen LogP contribution is -2.40. The van der Waals surface area contributed by atoms with Crippen LogP contribution in [0, 0.1) is 6.92 Å². The normalized spacial score (nSPS) is 20.1. The number of halogens is 3. The molecule has 2 atom stereocenters. The number of alkyl halides is 3. The number of carbonyl (C=O) groups excluding carboxylic acids is 2. The summed E-state index contributed by atoms with van der Waals surface area (Å²) in [5.74, 6) is -0.568. The number of nitrogens with one attached hydrogen (secondary N) is 2. The van der Waals surface area contributed by atoms with Gasteiger partial charge in [0.2, 0.25) is 0 Å². The molecule has 4 heterocycles. The summed E-state index contributed by atoms with van der Waals surface area (Å²) in [5.41, 5.74) is -1.74. The summed E-state index contributed by atoms with van der Waals surface area (Å²) < 4.78 is 78.8. The van der Waals surface area contributed by atoms with Gasteiger partial charge in [0.25, 0.3) is 5.91 Å². The third-order valence-corrected chi connectivity index (χ3v) is 8.19. The summed E-state index contributed by atoms with van der Waals surface area (Å²) in [6, 6.07) is 4.40. The third kappa shape index (κ3) is 5.79. The SMILES string of the molecule is [2H]C([2H])([2H])n1c(=O)n([C@@H]2CC[C@@H](NC(=O)OC)C2)c2cc(Nc3cc(C(=O)N4CCOCC4)c4cc(C)cc(C(F)(F)F)c4n3)ncc21. The van der Waals surface area contributed by atoms with Gasteiger partial charge in [0.1, 0.15) is 11.6 Å². The van der Waals surface area contributed by atoms with Crippen molar-refractivity contribution < 1.29 is 36.3 Å². The van der Waals surface area contributed by atoms with E-state index in [1.165, 1.54) is 47.9 Å². The second-order valence-corrected chi connectivity index (χ2v) is 11.1.